The minimum absolute atomic E-state index is 0.0883. The summed E-state index contributed by atoms with van der Waals surface area (Å²) in [5, 5.41) is 13.0. The van der Waals surface area contributed by atoms with Gasteiger partial charge in [-0.3, -0.25) is 14.9 Å². The van der Waals surface area contributed by atoms with Crippen molar-refractivity contribution >= 4 is 29.4 Å². The largest absolute Gasteiger partial charge is 0.322 e. The molecule has 3 rings (SSSR count). The first kappa shape index (κ1) is 16.0. The van der Waals surface area contributed by atoms with E-state index in [2.05, 4.69) is 10.6 Å². The predicted octanol–water partition coefficient (Wildman–Crippen LogP) is 0.946. The van der Waals surface area contributed by atoms with Gasteiger partial charge in [-0.25, -0.2) is 4.79 Å². The van der Waals surface area contributed by atoms with Crippen molar-refractivity contribution in [1.29, 1.82) is 5.26 Å². The Labute approximate surface area is 142 Å². The number of alkyl halides is 1. The maximum Gasteiger partial charge on any atom is 0.322 e. The van der Waals surface area contributed by atoms with E-state index in [4.69, 9.17) is 16.9 Å². The lowest BCUT2D eigenvalue weighted by atomic mass is 9.88. The Balaban J connectivity index is 2.00. The zero-order valence-corrected chi connectivity index (χ0v) is 13.2. The number of nitrogens with zero attached hydrogens (tertiary/aromatic N) is 2. The highest BCUT2D eigenvalue weighted by molar-refractivity contribution is 6.31. The molecule has 122 valence electrons. The number of imide groups is 1. The maximum absolute atomic E-state index is 12.5. The van der Waals surface area contributed by atoms with Crippen molar-refractivity contribution in [2.45, 2.75) is 17.3 Å². The van der Waals surface area contributed by atoms with Crippen molar-refractivity contribution in [2.24, 2.45) is 0 Å². The molecule has 0 aliphatic carbocycles. The number of allylic oxidation sites excluding steroid dienone is 1. The van der Waals surface area contributed by atoms with Crippen LogP contribution in [0.25, 0.3) is 0 Å². The molecule has 0 aromatic heterocycles. The van der Waals surface area contributed by atoms with Crippen LogP contribution < -0.4 is 10.6 Å². The number of nitriles is 1. The first-order valence-corrected chi connectivity index (χ1v) is 7.65. The molecule has 1 fully saturated rings. The number of carbonyl (C=O) groups is 3. The smallest absolute Gasteiger partial charge is 0.318 e. The lowest BCUT2D eigenvalue weighted by molar-refractivity contribution is -0.131. The Kier molecular flexibility index (Phi) is 3.99. The molecule has 0 saturated carbocycles. The number of benzene rings is 1. The van der Waals surface area contributed by atoms with Crippen LogP contribution in [-0.4, -0.2) is 34.7 Å². The van der Waals surface area contributed by atoms with E-state index in [0.717, 1.165) is 0 Å². The Bertz CT molecular complexity index is 784. The molecule has 2 unspecified atom stereocenters. The fraction of sp³-hybridized carbons (Fsp3) is 0.250. The second kappa shape index (κ2) is 5.98. The van der Waals surface area contributed by atoms with Crippen molar-refractivity contribution in [3.63, 3.8) is 0 Å². The SMILES string of the molecule is N#Cc1ccc(C2(CN3C=CCC(Cl)C3=O)NC(=O)NC2=O)cc1. The maximum atomic E-state index is 12.5. The number of halogens is 1. The zero-order valence-electron chi connectivity index (χ0n) is 12.5. The predicted molar refractivity (Wildman–Crippen MR) is 84.6 cm³/mol. The van der Waals surface area contributed by atoms with Gasteiger partial charge in [-0.15, -0.1) is 11.6 Å². The van der Waals surface area contributed by atoms with Gasteiger partial charge in [0.25, 0.3) is 5.91 Å². The first-order valence-electron chi connectivity index (χ1n) is 7.22. The number of hydrogen-bond acceptors (Lipinski definition) is 4. The standard InChI is InChI=1S/C16H13ClN4O3/c17-12-2-1-7-21(13(12)22)9-16(14(23)19-15(24)20-16)11-5-3-10(8-18)4-6-11/h1,3-7,12H,2,9H2,(H2,19,20,23,24). The number of carbonyl (C=O) groups excluding carboxylic acids is 3. The highest BCUT2D eigenvalue weighted by Gasteiger charge is 2.49. The van der Waals surface area contributed by atoms with Crippen LogP contribution in [-0.2, 0) is 15.1 Å². The highest BCUT2D eigenvalue weighted by atomic mass is 35.5. The molecule has 24 heavy (non-hydrogen) atoms. The van der Waals surface area contributed by atoms with Crippen LogP contribution in [0.15, 0.2) is 36.5 Å². The molecular formula is C16H13ClN4O3. The quantitative estimate of drug-likeness (QED) is 0.629. The molecule has 2 aliphatic heterocycles. The van der Waals surface area contributed by atoms with E-state index in [-0.39, 0.29) is 12.5 Å². The Morgan fingerprint density at radius 1 is 1.29 bits per heavy atom. The zero-order chi connectivity index (χ0) is 17.3. The van der Waals surface area contributed by atoms with Crippen LogP contribution in [0.1, 0.15) is 17.5 Å². The minimum atomic E-state index is -1.43. The molecule has 0 bridgehead atoms. The van der Waals surface area contributed by atoms with E-state index in [1.54, 1.807) is 36.5 Å². The summed E-state index contributed by atoms with van der Waals surface area (Å²) in [6.07, 6.45) is 3.71. The molecule has 2 aliphatic rings. The van der Waals surface area contributed by atoms with Crippen LogP contribution in [0.4, 0.5) is 4.79 Å². The summed E-state index contributed by atoms with van der Waals surface area (Å²) in [5.74, 6) is -0.892. The van der Waals surface area contributed by atoms with Gasteiger partial charge >= 0.3 is 6.03 Å². The number of urea groups is 1. The van der Waals surface area contributed by atoms with E-state index in [1.807, 2.05) is 6.07 Å². The number of amides is 4. The molecule has 4 amide bonds. The molecule has 2 atom stereocenters. The van der Waals surface area contributed by atoms with Crippen LogP contribution in [0, 0.1) is 11.3 Å². The first-order chi connectivity index (χ1) is 11.5. The molecular weight excluding hydrogens is 332 g/mol. The van der Waals surface area contributed by atoms with Crippen LogP contribution in [0.5, 0.6) is 0 Å². The topological polar surface area (TPSA) is 102 Å². The van der Waals surface area contributed by atoms with Gasteiger partial charge in [0.2, 0.25) is 5.91 Å². The number of rotatable bonds is 3. The molecule has 8 heteroatoms. The average Bonchev–Trinajstić information content (AvgIpc) is 2.86. The fourth-order valence-electron chi connectivity index (χ4n) is 2.77. The summed E-state index contributed by atoms with van der Waals surface area (Å²) in [7, 11) is 0. The fourth-order valence-corrected chi connectivity index (χ4v) is 3.00. The van der Waals surface area contributed by atoms with Gasteiger partial charge in [0.15, 0.2) is 5.54 Å². The normalized spacial score (nSPS) is 26.1. The second-order valence-corrected chi connectivity index (χ2v) is 6.08. The van der Waals surface area contributed by atoms with Crippen molar-refractivity contribution in [3.8, 4) is 6.07 Å². The van der Waals surface area contributed by atoms with Crippen LogP contribution >= 0.6 is 11.6 Å². The van der Waals surface area contributed by atoms with Crippen LogP contribution in [0.3, 0.4) is 0 Å². The van der Waals surface area contributed by atoms with Crippen molar-refractivity contribution < 1.29 is 14.4 Å². The molecule has 0 spiro atoms. The lowest BCUT2D eigenvalue weighted by Crippen LogP contribution is -2.54. The Hall–Kier alpha value is -2.85. The molecule has 2 N–H and O–H groups in total. The van der Waals surface area contributed by atoms with Crippen molar-refractivity contribution in [1.82, 2.24) is 15.5 Å². The summed E-state index contributed by atoms with van der Waals surface area (Å²) in [6.45, 7) is -0.0883. The second-order valence-electron chi connectivity index (χ2n) is 5.56. The summed E-state index contributed by atoms with van der Waals surface area (Å²) >= 11 is 5.98. The van der Waals surface area contributed by atoms with E-state index in [0.29, 0.717) is 17.5 Å². The third kappa shape index (κ3) is 2.61. The molecule has 0 radical (unpaired) electrons. The van der Waals surface area contributed by atoms with Gasteiger partial charge in [-0.05, 0) is 24.1 Å². The average molecular weight is 345 g/mol. The van der Waals surface area contributed by atoms with E-state index < -0.39 is 22.9 Å². The summed E-state index contributed by atoms with van der Waals surface area (Å²) in [6, 6.07) is 7.62. The molecule has 1 saturated heterocycles. The summed E-state index contributed by atoms with van der Waals surface area (Å²) < 4.78 is 0. The summed E-state index contributed by atoms with van der Waals surface area (Å²) in [5.41, 5.74) is -0.532. The van der Waals surface area contributed by atoms with Crippen molar-refractivity contribution in [3.05, 3.63) is 47.7 Å². The third-order valence-electron chi connectivity index (χ3n) is 4.04. The van der Waals surface area contributed by atoms with Crippen LogP contribution in [0.2, 0.25) is 0 Å². The van der Waals surface area contributed by atoms with E-state index in [1.165, 1.54) is 4.90 Å². The van der Waals surface area contributed by atoms with Crippen molar-refractivity contribution in [2.75, 3.05) is 6.54 Å². The van der Waals surface area contributed by atoms with Gasteiger partial charge in [-0.2, -0.15) is 5.26 Å². The summed E-state index contributed by atoms with van der Waals surface area (Å²) in [4.78, 5) is 37.7. The molecule has 7 nitrogen and oxygen atoms in total. The minimum Gasteiger partial charge on any atom is -0.318 e. The van der Waals surface area contributed by atoms with E-state index in [9.17, 15) is 14.4 Å². The molecule has 2 heterocycles. The number of nitrogens with one attached hydrogen (secondary N) is 2. The van der Waals surface area contributed by atoms with Gasteiger partial charge in [0.1, 0.15) is 5.38 Å². The lowest BCUT2D eigenvalue weighted by Gasteiger charge is -2.34. The monoisotopic (exact) mass is 344 g/mol. The van der Waals surface area contributed by atoms with E-state index >= 15 is 0 Å². The highest BCUT2D eigenvalue weighted by Crippen LogP contribution is 2.28. The third-order valence-corrected chi connectivity index (χ3v) is 4.40. The Morgan fingerprint density at radius 2 is 2.00 bits per heavy atom. The number of hydrogen-bond donors (Lipinski definition) is 2. The van der Waals surface area contributed by atoms with Gasteiger partial charge in [0.05, 0.1) is 18.2 Å². The molecule has 1 aromatic carbocycles. The molecule has 1 aromatic rings. The van der Waals surface area contributed by atoms with Gasteiger partial charge < -0.3 is 10.2 Å². The van der Waals surface area contributed by atoms with Gasteiger partial charge in [-0.1, -0.05) is 18.2 Å². The van der Waals surface area contributed by atoms with Gasteiger partial charge in [0, 0.05) is 6.20 Å². The Morgan fingerprint density at radius 3 is 2.58 bits per heavy atom.